The van der Waals surface area contributed by atoms with Gasteiger partial charge in [0.05, 0.1) is 6.10 Å². The van der Waals surface area contributed by atoms with Crippen molar-refractivity contribution >= 4 is 5.91 Å². The molecule has 0 spiro atoms. The van der Waals surface area contributed by atoms with Gasteiger partial charge in [-0.15, -0.1) is 0 Å². The molecule has 0 radical (unpaired) electrons. The van der Waals surface area contributed by atoms with E-state index in [1.54, 1.807) is 7.11 Å². The third kappa shape index (κ3) is 4.64. The van der Waals surface area contributed by atoms with Crippen molar-refractivity contribution in [3.63, 3.8) is 0 Å². The van der Waals surface area contributed by atoms with Gasteiger partial charge >= 0.3 is 0 Å². The first-order valence-electron chi connectivity index (χ1n) is 6.72. The lowest BCUT2D eigenvalue weighted by atomic mass is 10.0. The monoisotopic (exact) mass is 242 g/mol. The molecule has 0 aromatic carbocycles. The lowest BCUT2D eigenvalue weighted by Crippen LogP contribution is -2.48. The normalized spacial score (nSPS) is 22.2. The average Bonchev–Trinajstić information content (AvgIpc) is 2.38. The Bertz CT molecular complexity index is 227. The maximum Gasteiger partial charge on any atom is 0.222 e. The van der Waals surface area contributed by atoms with Crippen molar-refractivity contribution in [2.75, 3.05) is 26.7 Å². The number of hydrogen-bond acceptors (Lipinski definition) is 3. The maximum absolute atomic E-state index is 12.1. The zero-order valence-corrected chi connectivity index (χ0v) is 11.4. The Morgan fingerprint density at radius 3 is 2.88 bits per heavy atom. The molecule has 1 aliphatic rings. The fourth-order valence-electron chi connectivity index (χ4n) is 2.33. The van der Waals surface area contributed by atoms with Crippen molar-refractivity contribution in [1.82, 2.24) is 10.2 Å². The quantitative estimate of drug-likeness (QED) is 0.765. The van der Waals surface area contributed by atoms with E-state index in [0.29, 0.717) is 12.5 Å². The molecule has 0 bridgehead atoms. The van der Waals surface area contributed by atoms with Crippen LogP contribution in [-0.2, 0) is 9.53 Å². The summed E-state index contributed by atoms with van der Waals surface area (Å²) < 4.78 is 5.18. The van der Waals surface area contributed by atoms with Crippen LogP contribution in [0.5, 0.6) is 0 Å². The Morgan fingerprint density at radius 2 is 2.35 bits per heavy atom. The van der Waals surface area contributed by atoms with Gasteiger partial charge in [0.25, 0.3) is 0 Å². The predicted octanol–water partition coefficient (Wildman–Crippen LogP) is 1.40. The Morgan fingerprint density at radius 1 is 1.59 bits per heavy atom. The number of amides is 1. The van der Waals surface area contributed by atoms with Crippen molar-refractivity contribution < 1.29 is 9.53 Å². The molecule has 17 heavy (non-hydrogen) atoms. The van der Waals surface area contributed by atoms with Crippen LogP contribution in [0.2, 0.25) is 0 Å². The van der Waals surface area contributed by atoms with Gasteiger partial charge in [0, 0.05) is 32.7 Å². The second-order valence-electron chi connectivity index (χ2n) is 4.76. The summed E-state index contributed by atoms with van der Waals surface area (Å²) in [7, 11) is 1.69. The topological polar surface area (TPSA) is 41.6 Å². The fourth-order valence-corrected chi connectivity index (χ4v) is 2.33. The highest BCUT2D eigenvalue weighted by molar-refractivity contribution is 5.76. The molecule has 1 heterocycles. The minimum atomic E-state index is 0.169. The molecule has 1 N–H and O–H groups in total. The molecular formula is C13H26N2O2. The van der Waals surface area contributed by atoms with Gasteiger partial charge in [0.1, 0.15) is 0 Å². The first-order valence-corrected chi connectivity index (χ1v) is 6.72. The molecule has 1 fully saturated rings. The van der Waals surface area contributed by atoms with Crippen molar-refractivity contribution in [2.45, 2.75) is 51.7 Å². The van der Waals surface area contributed by atoms with Crippen molar-refractivity contribution in [3.8, 4) is 0 Å². The number of carbonyl (C=O) groups is 1. The van der Waals surface area contributed by atoms with Crippen LogP contribution in [0.4, 0.5) is 0 Å². The van der Waals surface area contributed by atoms with E-state index < -0.39 is 0 Å². The summed E-state index contributed by atoms with van der Waals surface area (Å²) in [6, 6.07) is 0.388. The van der Waals surface area contributed by atoms with Gasteiger partial charge in [-0.25, -0.2) is 0 Å². The van der Waals surface area contributed by atoms with E-state index >= 15 is 0 Å². The second-order valence-corrected chi connectivity index (χ2v) is 4.76. The summed E-state index contributed by atoms with van der Waals surface area (Å²) in [6.45, 7) is 6.91. The number of methoxy groups -OCH3 is 1. The van der Waals surface area contributed by atoms with Crippen molar-refractivity contribution in [2.24, 2.45) is 0 Å². The minimum Gasteiger partial charge on any atom is -0.382 e. The number of hydrogen-bond donors (Lipinski definition) is 1. The molecule has 1 aliphatic heterocycles. The first-order chi connectivity index (χ1) is 8.19. The summed E-state index contributed by atoms with van der Waals surface area (Å²) >= 11 is 0. The van der Waals surface area contributed by atoms with E-state index in [1.807, 2.05) is 11.8 Å². The largest absolute Gasteiger partial charge is 0.382 e. The van der Waals surface area contributed by atoms with Crippen molar-refractivity contribution in [3.05, 3.63) is 0 Å². The lowest BCUT2D eigenvalue weighted by Gasteiger charge is -2.34. The van der Waals surface area contributed by atoms with E-state index in [1.165, 1.54) is 6.42 Å². The van der Waals surface area contributed by atoms with Gasteiger partial charge in [-0.05, 0) is 39.7 Å². The molecule has 0 saturated carbocycles. The zero-order valence-electron chi connectivity index (χ0n) is 11.4. The van der Waals surface area contributed by atoms with Gasteiger partial charge in [-0.3, -0.25) is 4.79 Å². The summed E-state index contributed by atoms with van der Waals surface area (Å²) in [5.41, 5.74) is 0. The van der Waals surface area contributed by atoms with Gasteiger partial charge in [-0.2, -0.15) is 0 Å². The molecule has 2 unspecified atom stereocenters. The average molecular weight is 242 g/mol. The first kappa shape index (κ1) is 14.5. The van der Waals surface area contributed by atoms with Crippen LogP contribution in [0.15, 0.2) is 0 Å². The summed E-state index contributed by atoms with van der Waals surface area (Å²) in [4.78, 5) is 14.2. The van der Waals surface area contributed by atoms with E-state index in [9.17, 15) is 4.79 Å². The van der Waals surface area contributed by atoms with Crippen LogP contribution in [0.25, 0.3) is 0 Å². The molecular weight excluding hydrogens is 216 g/mol. The lowest BCUT2D eigenvalue weighted by molar-refractivity contribution is -0.134. The number of nitrogens with one attached hydrogen (secondary N) is 1. The van der Waals surface area contributed by atoms with Crippen LogP contribution < -0.4 is 5.32 Å². The third-order valence-corrected chi connectivity index (χ3v) is 3.54. The molecule has 0 aliphatic carbocycles. The van der Waals surface area contributed by atoms with E-state index in [0.717, 1.165) is 32.5 Å². The number of rotatable bonds is 6. The molecule has 1 saturated heterocycles. The highest BCUT2D eigenvalue weighted by Gasteiger charge is 2.23. The molecule has 100 valence electrons. The zero-order chi connectivity index (χ0) is 12.7. The molecule has 0 aromatic heterocycles. The number of carbonyl (C=O) groups excluding carboxylic acids is 1. The van der Waals surface area contributed by atoms with Gasteiger partial charge < -0.3 is 15.0 Å². The standard InChI is InChI=1S/C13H26N2O2/c1-4-15(12-6-5-9-14-10-12)13(16)8-7-11(2)17-3/h11-12,14H,4-10H2,1-3H3. The van der Waals surface area contributed by atoms with Crippen LogP contribution in [0.3, 0.4) is 0 Å². The highest BCUT2D eigenvalue weighted by Crippen LogP contribution is 2.13. The van der Waals surface area contributed by atoms with Crippen LogP contribution in [-0.4, -0.2) is 49.7 Å². The molecule has 2 atom stereocenters. The van der Waals surface area contributed by atoms with Crippen LogP contribution >= 0.6 is 0 Å². The predicted molar refractivity (Wildman–Crippen MR) is 69.0 cm³/mol. The summed E-state index contributed by atoms with van der Waals surface area (Å²) in [5, 5.41) is 3.36. The van der Waals surface area contributed by atoms with Gasteiger partial charge in [0.2, 0.25) is 5.91 Å². The second kappa shape index (κ2) is 7.67. The van der Waals surface area contributed by atoms with Gasteiger partial charge in [0.15, 0.2) is 0 Å². The smallest absolute Gasteiger partial charge is 0.222 e. The molecule has 4 nitrogen and oxygen atoms in total. The maximum atomic E-state index is 12.1. The Balaban J connectivity index is 2.39. The van der Waals surface area contributed by atoms with E-state index in [2.05, 4.69) is 12.2 Å². The fraction of sp³-hybridized carbons (Fsp3) is 0.923. The summed E-state index contributed by atoms with van der Waals surface area (Å²) in [6.07, 6.45) is 3.88. The Kier molecular flexibility index (Phi) is 6.52. The number of nitrogens with zero attached hydrogens (tertiary/aromatic N) is 1. The third-order valence-electron chi connectivity index (χ3n) is 3.54. The number of piperidine rings is 1. The number of likely N-dealkylation sites (N-methyl/N-ethyl adjacent to an activating group) is 1. The van der Waals surface area contributed by atoms with Crippen molar-refractivity contribution in [1.29, 1.82) is 0 Å². The Labute approximate surface area is 105 Å². The van der Waals surface area contributed by atoms with Crippen LogP contribution in [0.1, 0.15) is 39.5 Å². The molecule has 1 rings (SSSR count). The molecule has 1 amide bonds. The molecule has 4 heteroatoms. The highest BCUT2D eigenvalue weighted by atomic mass is 16.5. The minimum absolute atomic E-state index is 0.169. The van der Waals surface area contributed by atoms with Gasteiger partial charge in [-0.1, -0.05) is 0 Å². The van der Waals surface area contributed by atoms with E-state index in [4.69, 9.17) is 4.74 Å². The SMILES string of the molecule is CCN(C(=O)CCC(C)OC)C1CCCNC1. The van der Waals surface area contributed by atoms with E-state index in [-0.39, 0.29) is 12.0 Å². The number of ether oxygens (including phenoxy) is 1. The summed E-state index contributed by atoms with van der Waals surface area (Å²) in [5.74, 6) is 0.269. The molecule has 0 aromatic rings. The Hall–Kier alpha value is -0.610. The van der Waals surface area contributed by atoms with Crippen LogP contribution in [0, 0.1) is 0 Å².